The number of carbonyl (C=O) groups excluding carboxylic acids is 1. The van der Waals surface area contributed by atoms with Gasteiger partial charge in [0.25, 0.3) is 5.91 Å². The number of anilines is 1. The number of thioether (sulfide) groups is 1. The Kier molecular flexibility index (Phi) is 4.34. The van der Waals surface area contributed by atoms with Crippen LogP contribution in [0.3, 0.4) is 0 Å². The van der Waals surface area contributed by atoms with Gasteiger partial charge in [-0.3, -0.25) is 9.78 Å². The van der Waals surface area contributed by atoms with Crippen LogP contribution in [0.25, 0.3) is 0 Å². The Morgan fingerprint density at radius 2 is 2.21 bits per heavy atom. The summed E-state index contributed by atoms with van der Waals surface area (Å²) in [7, 11) is 0. The summed E-state index contributed by atoms with van der Waals surface area (Å²) < 4.78 is 0.220. The first-order valence-corrected chi connectivity index (χ1v) is 7.84. The number of pyridine rings is 1. The number of amides is 1. The van der Waals surface area contributed by atoms with E-state index in [9.17, 15) is 4.79 Å². The molecule has 1 amide bonds. The number of carbonyl (C=O) groups is 1. The molecule has 1 fully saturated rings. The minimum Gasteiger partial charge on any atom is -0.397 e. The van der Waals surface area contributed by atoms with E-state index in [-0.39, 0.29) is 10.7 Å². The third-order valence-corrected chi connectivity index (χ3v) is 5.29. The number of aryl methyl sites for hydroxylation is 1. The highest BCUT2D eigenvalue weighted by Crippen LogP contribution is 2.39. The molecule has 1 aliphatic carbocycles. The second-order valence-corrected chi connectivity index (χ2v) is 6.45. The van der Waals surface area contributed by atoms with Crippen LogP contribution in [0.4, 0.5) is 5.69 Å². The van der Waals surface area contributed by atoms with Gasteiger partial charge in [-0.15, -0.1) is 0 Å². The summed E-state index contributed by atoms with van der Waals surface area (Å²) in [6.07, 6.45) is 8.59. The number of nitrogen functional groups attached to an aromatic ring is 1. The molecule has 1 heterocycles. The molecule has 2 rings (SSSR count). The van der Waals surface area contributed by atoms with Gasteiger partial charge in [-0.05, 0) is 32.1 Å². The summed E-state index contributed by atoms with van der Waals surface area (Å²) in [5.74, 6) is -0.0716. The summed E-state index contributed by atoms with van der Waals surface area (Å²) in [5, 5.41) is 3.05. The molecule has 1 aliphatic rings. The summed E-state index contributed by atoms with van der Waals surface area (Å²) >= 11 is 1.87. The third-order valence-electron chi connectivity index (χ3n) is 3.87. The number of hydrogen-bond donors (Lipinski definition) is 2. The molecule has 0 saturated heterocycles. The van der Waals surface area contributed by atoms with Crippen molar-refractivity contribution in [3.8, 4) is 0 Å². The maximum atomic E-state index is 12.2. The van der Waals surface area contributed by atoms with E-state index in [1.54, 1.807) is 12.3 Å². The Morgan fingerprint density at radius 3 is 2.84 bits per heavy atom. The van der Waals surface area contributed by atoms with Gasteiger partial charge in [-0.2, -0.15) is 11.8 Å². The molecule has 104 valence electrons. The first-order valence-electron chi connectivity index (χ1n) is 6.62. The molecule has 0 bridgehead atoms. The predicted octanol–water partition coefficient (Wildman–Crippen LogP) is 2.38. The summed E-state index contributed by atoms with van der Waals surface area (Å²) in [5.41, 5.74) is 7.51. The van der Waals surface area contributed by atoms with E-state index in [1.165, 1.54) is 25.7 Å². The molecular formula is C14H21N3OS. The Morgan fingerprint density at radius 1 is 1.53 bits per heavy atom. The monoisotopic (exact) mass is 279 g/mol. The molecule has 1 aromatic rings. The second-order valence-electron chi connectivity index (χ2n) is 5.18. The minimum atomic E-state index is -0.0716. The van der Waals surface area contributed by atoms with Crippen molar-refractivity contribution in [1.29, 1.82) is 0 Å². The van der Waals surface area contributed by atoms with Crippen LogP contribution < -0.4 is 11.1 Å². The van der Waals surface area contributed by atoms with Gasteiger partial charge in [-0.1, -0.05) is 12.8 Å². The lowest BCUT2D eigenvalue weighted by Crippen LogP contribution is -2.38. The lowest BCUT2D eigenvalue weighted by molar-refractivity contribution is 0.0948. The molecule has 0 unspecified atom stereocenters. The standard InChI is InChI=1S/C14H21N3OS/c1-10-12(7-11(15)8-16-10)13(18)17-9-14(19-2)5-3-4-6-14/h7-8H,3-6,9,15H2,1-2H3,(H,17,18). The molecule has 0 radical (unpaired) electrons. The highest BCUT2D eigenvalue weighted by Gasteiger charge is 2.33. The number of aromatic nitrogens is 1. The number of rotatable bonds is 4. The second kappa shape index (κ2) is 5.82. The molecule has 19 heavy (non-hydrogen) atoms. The molecule has 0 aromatic carbocycles. The SMILES string of the molecule is CSC1(CNC(=O)c2cc(N)cnc2C)CCCC1. The van der Waals surface area contributed by atoms with Gasteiger partial charge >= 0.3 is 0 Å². The smallest absolute Gasteiger partial charge is 0.253 e. The van der Waals surface area contributed by atoms with Crippen LogP contribution in [0.1, 0.15) is 41.7 Å². The predicted molar refractivity (Wildman–Crippen MR) is 80.4 cm³/mol. The first kappa shape index (κ1) is 14.2. The van der Waals surface area contributed by atoms with E-state index >= 15 is 0 Å². The van der Waals surface area contributed by atoms with Crippen LogP contribution in [0.2, 0.25) is 0 Å². The van der Waals surface area contributed by atoms with E-state index < -0.39 is 0 Å². The zero-order valence-electron chi connectivity index (χ0n) is 11.5. The van der Waals surface area contributed by atoms with Gasteiger partial charge < -0.3 is 11.1 Å². The van der Waals surface area contributed by atoms with Gasteiger partial charge in [0, 0.05) is 11.3 Å². The van der Waals surface area contributed by atoms with E-state index in [0.29, 0.717) is 11.3 Å². The molecule has 1 saturated carbocycles. The number of nitrogens with two attached hydrogens (primary N) is 1. The van der Waals surface area contributed by atoms with E-state index in [0.717, 1.165) is 12.2 Å². The average Bonchev–Trinajstić information content (AvgIpc) is 2.88. The van der Waals surface area contributed by atoms with Crippen molar-refractivity contribution in [2.75, 3.05) is 18.5 Å². The van der Waals surface area contributed by atoms with Crippen molar-refractivity contribution in [2.24, 2.45) is 0 Å². The van der Waals surface area contributed by atoms with Crippen molar-refractivity contribution in [3.05, 3.63) is 23.5 Å². The number of nitrogens with zero attached hydrogens (tertiary/aromatic N) is 1. The maximum Gasteiger partial charge on any atom is 0.253 e. The van der Waals surface area contributed by atoms with Crippen LogP contribution in [0.5, 0.6) is 0 Å². The maximum absolute atomic E-state index is 12.2. The summed E-state index contributed by atoms with van der Waals surface area (Å²) in [6, 6.07) is 1.69. The largest absolute Gasteiger partial charge is 0.397 e. The molecule has 1 aromatic heterocycles. The normalized spacial score (nSPS) is 17.4. The summed E-state index contributed by atoms with van der Waals surface area (Å²) in [6.45, 7) is 2.55. The zero-order valence-corrected chi connectivity index (χ0v) is 12.3. The van der Waals surface area contributed by atoms with E-state index in [2.05, 4.69) is 16.6 Å². The topological polar surface area (TPSA) is 68.0 Å². The van der Waals surface area contributed by atoms with E-state index in [4.69, 9.17) is 5.73 Å². The lowest BCUT2D eigenvalue weighted by atomic mass is 10.1. The van der Waals surface area contributed by atoms with Crippen molar-refractivity contribution < 1.29 is 4.79 Å². The van der Waals surface area contributed by atoms with Crippen molar-refractivity contribution >= 4 is 23.4 Å². The first-order chi connectivity index (χ1) is 9.06. The van der Waals surface area contributed by atoms with Gasteiger partial charge in [0.1, 0.15) is 0 Å². The molecule has 4 nitrogen and oxygen atoms in total. The average molecular weight is 279 g/mol. The Hall–Kier alpha value is -1.23. The van der Waals surface area contributed by atoms with Crippen molar-refractivity contribution in [1.82, 2.24) is 10.3 Å². The van der Waals surface area contributed by atoms with E-state index in [1.807, 2.05) is 18.7 Å². The van der Waals surface area contributed by atoms with Gasteiger partial charge in [-0.25, -0.2) is 0 Å². The zero-order chi connectivity index (χ0) is 13.9. The van der Waals surface area contributed by atoms with Gasteiger partial charge in [0.15, 0.2) is 0 Å². The minimum absolute atomic E-state index is 0.0716. The summed E-state index contributed by atoms with van der Waals surface area (Å²) in [4.78, 5) is 16.3. The van der Waals surface area contributed by atoms with Crippen molar-refractivity contribution in [2.45, 2.75) is 37.4 Å². The molecule has 5 heteroatoms. The molecule has 0 spiro atoms. The van der Waals surface area contributed by atoms with Crippen LogP contribution in [-0.4, -0.2) is 28.4 Å². The van der Waals surface area contributed by atoms with Crippen LogP contribution in [0.15, 0.2) is 12.3 Å². The third kappa shape index (κ3) is 3.21. The molecule has 0 atom stereocenters. The highest BCUT2D eigenvalue weighted by molar-refractivity contribution is 8.00. The molecular weight excluding hydrogens is 258 g/mol. The fourth-order valence-electron chi connectivity index (χ4n) is 2.59. The fraction of sp³-hybridized carbons (Fsp3) is 0.571. The fourth-order valence-corrected chi connectivity index (χ4v) is 3.50. The quantitative estimate of drug-likeness (QED) is 0.888. The van der Waals surface area contributed by atoms with Gasteiger partial charge in [0.2, 0.25) is 0 Å². The van der Waals surface area contributed by atoms with Crippen LogP contribution >= 0.6 is 11.8 Å². The lowest BCUT2D eigenvalue weighted by Gasteiger charge is -2.27. The van der Waals surface area contributed by atoms with Crippen LogP contribution in [0, 0.1) is 6.92 Å². The number of nitrogens with one attached hydrogen (secondary N) is 1. The van der Waals surface area contributed by atoms with Crippen molar-refractivity contribution in [3.63, 3.8) is 0 Å². The highest BCUT2D eigenvalue weighted by atomic mass is 32.2. The molecule has 3 N–H and O–H groups in total. The Balaban J connectivity index is 2.03. The van der Waals surface area contributed by atoms with Crippen LogP contribution in [-0.2, 0) is 0 Å². The molecule has 0 aliphatic heterocycles. The Labute approximate surface area is 118 Å². The Bertz CT molecular complexity index is 470. The number of hydrogen-bond acceptors (Lipinski definition) is 4. The van der Waals surface area contributed by atoms with Gasteiger partial charge in [0.05, 0.1) is 23.1 Å².